The second-order valence-corrected chi connectivity index (χ2v) is 8.07. The van der Waals surface area contributed by atoms with E-state index in [0.717, 1.165) is 13.0 Å². The highest BCUT2D eigenvalue weighted by molar-refractivity contribution is 5.66. The SMILES string of the molecule is CCCCCCCOCCOCCOCCOCCOCCOCCOCCOCCOCCC(=O)O. The molecule has 11 nitrogen and oxygen atoms in total. The molecule has 0 radical (unpaired) electrons. The van der Waals surface area contributed by atoms with E-state index in [2.05, 4.69) is 6.92 Å². The van der Waals surface area contributed by atoms with Crippen molar-refractivity contribution in [2.75, 3.05) is 119 Å². The maximum atomic E-state index is 10.3. The molecule has 0 atom stereocenters. The van der Waals surface area contributed by atoms with Gasteiger partial charge in [-0.25, -0.2) is 0 Å². The summed E-state index contributed by atoms with van der Waals surface area (Å²) in [4.78, 5) is 10.3. The zero-order valence-corrected chi connectivity index (χ0v) is 23.0. The predicted octanol–water partition coefficient (Wildman–Crippen LogP) is 2.58. The van der Waals surface area contributed by atoms with Crippen molar-refractivity contribution in [1.82, 2.24) is 0 Å². The third kappa shape index (κ3) is 35.1. The molecule has 11 heteroatoms. The monoisotopic (exact) mass is 540 g/mol. The molecular weight excluding hydrogens is 488 g/mol. The molecule has 0 unspecified atom stereocenters. The molecule has 0 aromatic heterocycles. The first-order valence-electron chi connectivity index (χ1n) is 13.7. The summed E-state index contributed by atoms with van der Waals surface area (Å²) in [6, 6.07) is 0. The van der Waals surface area contributed by atoms with Crippen molar-refractivity contribution in [1.29, 1.82) is 0 Å². The van der Waals surface area contributed by atoms with Gasteiger partial charge in [-0.05, 0) is 6.42 Å². The van der Waals surface area contributed by atoms with Crippen LogP contribution >= 0.6 is 0 Å². The average molecular weight is 541 g/mol. The van der Waals surface area contributed by atoms with Gasteiger partial charge in [0.1, 0.15) is 0 Å². The highest BCUT2D eigenvalue weighted by Gasteiger charge is 1.97. The summed E-state index contributed by atoms with van der Waals surface area (Å²) >= 11 is 0. The molecule has 0 heterocycles. The molecule has 0 amide bonds. The van der Waals surface area contributed by atoms with Gasteiger partial charge in [0.2, 0.25) is 0 Å². The molecule has 0 aromatic rings. The van der Waals surface area contributed by atoms with Gasteiger partial charge < -0.3 is 47.7 Å². The van der Waals surface area contributed by atoms with Crippen LogP contribution in [0, 0.1) is 0 Å². The minimum Gasteiger partial charge on any atom is -0.481 e. The molecule has 0 saturated carbocycles. The number of carbonyl (C=O) groups is 1. The molecular formula is C26H52O11. The fourth-order valence-electron chi connectivity index (χ4n) is 2.83. The Morgan fingerprint density at radius 3 is 0.973 bits per heavy atom. The van der Waals surface area contributed by atoms with Crippen LogP contribution in [0.5, 0.6) is 0 Å². The van der Waals surface area contributed by atoms with Gasteiger partial charge in [-0.15, -0.1) is 0 Å². The lowest BCUT2D eigenvalue weighted by Gasteiger charge is -2.09. The second-order valence-electron chi connectivity index (χ2n) is 8.07. The van der Waals surface area contributed by atoms with E-state index in [-0.39, 0.29) is 13.0 Å². The van der Waals surface area contributed by atoms with Crippen LogP contribution in [0.15, 0.2) is 0 Å². The van der Waals surface area contributed by atoms with E-state index < -0.39 is 5.97 Å². The van der Waals surface area contributed by atoms with E-state index in [1.54, 1.807) is 0 Å². The molecule has 0 aliphatic rings. The third-order valence-corrected chi connectivity index (χ3v) is 4.83. The van der Waals surface area contributed by atoms with Gasteiger partial charge in [-0.3, -0.25) is 4.79 Å². The van der Waals surface area contributed by atoms with Gasteiger partial charge in [0.05, 0.1) is 119 Å². The van der Waals surface area contributed by atoms with Gasteiger partial charge in [-0.2, -0.15) is 0 Å². The Labute approximate surface area is 223 Å². The number of ether oxygens (including phenoxy) is 9. The van der Waals surface area contributed by atoms with E-state index in [1.807, 2.05) is 0 Å². The number of rotatable bonds is 33. The maximum absolute atomic E-state index is 10.3. The Kier molecular flexibility index (Phi) is 32.3. The van der Waals surface area contributed by atoms with Crippen LogP contribution in [-0.4, -0.2) is 130 Å². The number of unbranched alkanes of at least 4 members (excludes halogenated alkanes) is 4. The smallest absolute Gasteiger partial charge is 0.305 e. The predicted molar refractivity (Wildman–Crippen MR) is 138 cm³/mol. The summed E-state index contributed by atoms with van der Waals surface area (Å²) in [6.07, 6.45) is 6.27. The van der Waals surface area contributed by atoms with Gasteiger partial charge >= 0.3 is 5.97 Å². The van der Waals surface area contributed by atoms with Crippen molar-refractivity contribution in [3.8, 4) is 0 Å². The summed E-state index contributed by atoms with van der Waals surface area (Å²) in [6.45, 7) is 11.4. The molecule has 0 aromatic carbocycles. The number of hydrogen-bond donors (Lipinski definition) is 1. The molecule has 0 spiro atoms. The molecule has 0 bridgehead atoms. The molecule has 0 rings (SSSR count). The molecule has 0 fully saturated rings. The standard InChI is InChI=1S/C26H52O11/c1-2-3-4-5-6-8-29-10-12-31-14-16-33-18-20-35-22-24-37-25-23-36-21-19-34-17-15-32-13-11-30-9-7-26(27)28/h2-25H2,1H3,(H,27,28). The van der Waals surface area contributed by atoms with Crippen molar-refractivity contribution in [2.45, 2.75) is 45.4 Å². The van der Waals surface area contributed by atoms with Gasteiger partial charge in [0.25, 0.3) is 0 Å². The zero-order valence-electron chi connectivity index (χ0n) is 23.0. The summed E-state index contributed by atoms with van der Waals surface area (Å²) in [5.41, 5.74) is 0. The Bertz CT molecular complexity index is 441. The van der Waals surface area contributed by atoms with Gasteiger partial charge in [0.15, 0.2) is 0 Å². The highest BCUT2D eigenvalue weighted by atomic mass is 16.6. The summed E-state index contributed by atoms with van der Waals surface area (Å²) in [5, 5.41) is 8.47. The molecule has 222 valence electrons. The maximum Gasteiger partial charge on any atom is 0.305 e. The number of hydrogen-bond acceptors (Lipinski definition) is 10. The third-order valence-electron chi connectivity index (χ3n) is 4.83. The average Bonchev–Trinajstić information content (AvgIpc) is 2.89. The number of aliphatic carboxylic acids is 1. The van der Waals surface area contributed by atoms with Crippen LogP contribution in [0.25, 0.3) is 0 Å². The van der Waals surface area contributed by atoms with E-state index in [1.165, 1.54) is 25.7 Å². The number of carboxylic acids is 1. The van der Waals surface area contributed by atoms with E-state index >= 15 is 0 Å². The molecule has 0 aliphatic heterocycles. The molecule has 0 saturated heterocycles. The minimum absolute atomic E-state index is 0.00462. The zero-order chi connectivity index (χ0) is 26.9. The van der Waals surface area contributed by atoms with Crippen molar-refractivity contribution in [3.63, 3.8) is 0 Å². The highest BCUT2D eigenvalue weighted by Crippen LogP contribution is 2.02. The lowest BCUT2D eigenvalue weighted by molar-refractivity contribution is -0.138. The van der Waals surface area contributed by atoms with Crippen LogP contribution in [0.3, 0.4) is 0 Å². The molecule has 0 aliphatic carbocycles. The Morgan fingerprint density at radius 1 is 0.405 bits per heavy atom. The topological polar surface area (TPSA) is 120 Å². The Morgan fingerprint density at radius 2 is 0.676 bits per heavy atom. The fraction of sp³-hybridized carbons (Fsp3) is 0.962. The first kappa shape index (κ1) is 36.1. The summed E-state index contributed by atoms with van der Waals surface area (Å²) in [5.74, 6) is -0.869. The van der Waals surface area contributed by atoms with E-state index in [0.29, 0.717) is 106 Å². The van der Waals surface area contributed by atoms with Gasteiger partial charge in [0, 0.05) is 6.61 Å². The number of carboxylic acid groups (broad SMARTS) is 1. The molecule has 1 N–H and O–H groups in total. The molecule has 37 heavy (non-hydrogen) atoms. The first-order chi connectivity index (χ1) is 18.3. The van der Waals surface area contributed by atoms with Crippen LogP contribution < -0.4 is 0 Å². The fourth-order valence-corrected chi connectivity index (χ4v) is 2.83. The van der Waals surface area contributed by atoms with Gasteiger partial charge in [-0.1, -0.05) is 32.6 Å². The van der Waals surface area contributed by atoms with Crippen molar-refractivity contribution in [2.24, 2.45) is 0 Å². The first-order valence-corrected chi connectivity index (χ1v) is 13.7. The minimum atomic E-state index is -0.869. The second kappa shape index (κ2) is 33.1. The van der Waals surface area contributed by atoms with Crippen molar-refractivity contribution >= 4 is 5.97 Å². The van der Waals surface area contributed by atoms with Crippen LogP contribution in [-0.2, 0) is 47.4 Å². The normalized spacial score (nSPS) is 11.4. The van der Waals surface area contributed by atoms with E-state index in [4.69, 9.17) is 47.7 Å². The largest absolute Gasteiger partial charge is 0.481 e. The lowest BCUT2D eigenvalue weighted by Crippen LogP contribution is -2.15. The van der Waals surface area contributed by atoms with Crippen LogP contribution in [0.1, 0.15) is 45.4 Å². The van der Waals surface area contributed by atoms with Crippen molar-refractivity contribution in [3.05, 3.63) is 0 Å². The lowest BCUT2D eigenvalue weighted by atomic mass is 10.2. The van der Waals surface area contributed by atoms with Crippen LogP contribution in [0.2, 0.25) is 0 Å². The van der Waals surface area contributed by atoms with E-state index in [9.17, 15) is 4.79 Å². The Hall–Kier alpha value is -0.890. The van der Waals surface area contributed by atoms with Crippen LogP contribution in [0.4, 0.5) is 0 Å². The quantitative estimate of drug-likeness (QED) is 0.124. The Balaban J connectivity index is 3.02. The van der Waals surface area contributed by atoms with Crippen molar-refractivity contribution < 1.29 is 52.5 Å². The summed E-state index contributed by atoms with van der Waals surface area (Å²) in [7, 11) is 0. The summed E-state index contributed by atoms with van der Waals surface area (Å²) < 4.78 is 48.6.